The number of amides is 1. The van der Waals surface area contributed by atoms with Gasteiger partial charge >= 0.3 is 0 Å². The van der Waals surface area contributed by atoms with Crippen LogP contribution in [-0.4, -0.2) is 24.4 Å². The molecule has 0 radical (unpaired) electrons. The topological polar surface area (TPSA) is 75.5 Å². The fourth-order valence-electron chi connectivity index (χ4n) is 3.32. The van der Waals surface area contributed by atoms with Crippen LogP contribution in [0.15, 0.2) is 42.5 Å². The molecule has 3 rings (SSSR count). The smallest absolute Gasteiger partial charge is 0.293 e. The van der Waals surface area contributed by atoms with Gasteiger partial charge in [0.05, 0.1) is 11.0 Å². The molecule has 0 saturated carbocycles. The number of carbonyl (C=O) groups excluding carboxylic acids is 1. The molecule has 1 heterocycles. The molecule has 2 aromatic rings. The monoisotopic (exact) mass is 359 g/mol. The molecule has 2 aromatic carbocycles. The maximum Gasteiger partial charge on any atom is 0.293 e. The summed E-state index contributed by atoms with van der Waals surface area (Å²) in [4.78, 5) is 24.9. The van der Waals surface area contributed by atoms with Crippen LogP contribution in [-0.2, 0) is 0 Å². The van der Waals surface area contributed by atoms with Crippen LogP contribution in [0, 0.1) is 10.1 Å². The van der Waals surface area contributed by atoms with Crippen LogP contribution in [0.3, 0.4) is 0 Å². The van der Waals surface area contributed by atoms with Crippen molar-refractivity contribution in [2.75, 3.05) is 18.5 Å². The van der Waals surface area contributed by atoms with Gasteiger partial charge in [-0.3, -0.25) is 14.9 Å². The summed E-state index contributed by atoms with van der Waals surface area (Å²) in [6, 6.07) is 12.1. The summed E-state index contributed by atoms with van der Waals surface area (Å²) < 4.78 is 0. The molecular formula is C18H18ClN3O3. The van der Waals surface area contributed by atoms with Gasteiger partial charge in [0.15, 0.2) is 0 Å². The third-order valence-electron chi connectivity index (χ3n) is 4.49. The number of rotatable bonds is 4. The molecule has 1 saturated heterocycles. The van der Waals surface area contributed by atoms with Crippen LogP contribution in [0.2, 0.25) is 5.02 Å². The zero-order chi connectivity index (χ0) is 18.0. The van der Waals surface area contributed by atoms with E-state index in [2.05, 4.69) is 5.32 Å². The second-order valence-electron chi connectivity index (χ2n) is 5.91. The molecule has 6 nitrogen and oxygen atoms in total. The van der Waals surface area contributed by atoms with Crippen molar-refractivity contribution in [3.8, 4) is 0 Å². The van der Waals surface area contributed by atoms with Crippen molar-refractivity contribution in [1.82, 2.24) is 5.32 Å². The van der Waals surface area contributed by atoms with Crippen LogP contribution in [0.4, 0.5) is 11.4 Å². The summed E-state index contributed by atoms with van der Waals surface area (Å²) in [5, 5.41) is 14.7. The fraction of sp³-hybridized carbons (Fsp3) is 0.278. The van der Waals surface area contributed by atoms with E-state index in [1.54, 1.807) is 12.1 Å². The number of nitrogens with zero attached hydrogens (tertiary/aromatic N) is 2. The Balaban J connectivity index is 2.04. The maximum absolute atomic E-state index is 11.8. The normalized spacial score (nSPS) is 16.7. The molecular weight excluding hydrogens is 342 g/mol. The average Bonchev–Trinajstić information content (AvgIpc) is 3.10. The standard InChI is InChI=1S/C18H18ClN3O3/c1-20-18(23)12-8-9-16(17(11-12)22(24)25)21-10-4-7-15(21)13-5-2-3-6-14(13)19/h2-3,5-6,8-9,11,15H,4,7,10H2,1H3,(H,20,23)/t15-/m1/s1. The Morgan fingerprint density at radius 2 is 2.08 bits per heavy atom. The Hall–Kier alpha value is -2.60. The number of hydrogen-bond acceptors (Lipinski definition) is 4. The van der Waals surface area contributed by atoms with Crippen molar-refractivity contribution in [3.63, 3.8) is 0 Å². The highest BCUT2D eigenvalue weighted by molar-refractivity contribution is 6.31. The SMILES string of the molecule is CNC(=O)c1ccc(N2CCC[C@@H]2c2ccccc2Cl)c([N+](=O)[O-])c1. The first kappa shape index (κ1) is 17.2. The fourth-order valence-corrected chi connectivity index (χ4v) is 3.58. The highest BCUT2D eigenvalue weighted by Gasteiger charge is 2.32. The summed E-state index contributed by atoms with van der Waals surface area (Å²) in [5.41, 5.74) is 1.68. The van der Waals surface area contributed by atoms with Gasteiger partial charge in [0, 0.05) is 30.2 Å². The third kappa shape index (κ3) is 3.30. The first-order valence-electron chi connectivity index (χ1n) is 8.04. The summed E-state index contributed by atoms with van der Waals surface area (Å²) in [6.07, 6.45) is 1.79. The second kappa shape index (κ2) is 7.11. The van der Waals surface area contributed by atoms with Crippen molar-refractivity contribution in [2.24, 2.45) is 0 Å². The lowest BCUT2D eigenvalue weighted by atomic mass is 10.0. The van der Waals surface area contributed by atoms with Gasteiger partial charge in [-0.2, -0.15) is 0 Å². The van der Waals surface area contributed by atoms with E-state index in [-0.39, 0.29) is 23.2 Å². The molecule has 1 aliphatic heterocycles. The van der Waals surface area contributed by atoms with Crippen molar-refractivity contribution in [2.45, 2.75) is 18.9 Å². The molecule has 1 aliphatic rings. The molecule has 0 aliphatic carbocycles. The van der Waals surface area contributed by atoms with Gasteiger partial charge in [0.1, 0.15) is 5.69 Å². The van der Waals surface area contributed by atoms with Gasteiger partial charge in [0.2, 0.25) is 0 Å². The first-order chi connectivity index (χ1) is 12.0. The Bertz CT molecular complexity index is 825. The minimum atomic E-state index is -0.441. The Labute approximate surface area is 150 Å². The van der Waals surface area contributed by atoms with E-state index in [9.17, 15) is 14.9 Å². The molecule has 25 heavy (non-hydrogen) atoms. The lowest BCUT2D eigenvalue weighted by molar-refractivity contribution is -0.384. The molecule has 7 heteroatoms. The van der Waals surface area contributed by atoms with Crippen molar-refractivity contribution >= 4 is 28.9 Å². The van der Waals surface area contributed by atoms with Crippen LogP contribution >= 0.6 is 11.6 Å². The summed E-state index contributed by atoms with van der Waals surface area (Å²) in [7, 11) is 1.50. The summed E-state index contributed by atoms with van der Waals surface area (Å²) >= 11 is 6.33. The molecule has 1 N–H and O–H groups in total. The quantitative estimate of drug-likeness (QED) is 0.662. The van der Waals surface area contributed by atoms with E-state index in [4.69, 9.17) is 11.6 Å². The van der Waals surface area contributed by atoms with E-state index >= 15 is 0 Å². The van der Waals surface area contributed by atoms with Gasteiger partial charge in [-0.05, 0) is 36.6 Å². The van der Waals surface area contributed by atoms with Crippen molar-refractivity contribution < 1.29 is 9.72 Å². The zero-order valence-corrected chi connectivity index (χ0v) is 14.5. The predicted octanol–water partition coefficient (Wildman–Crippen LogP) is 3.95. The minimum Gasteiger partial charge on any atom is -0.359 e. The minimum absolute atomic E-state index is 0.0155. The molecule has 0 aromatic heterocycles. The van der Waals surface area contributed by atoms with Crippen LogP contribution in [0.25, 0.3) is 0 Å². The highest BCUT2D eigenvalue weighted by Crippen LogP contribution is 2.42. The van der Waals surface area contributed by atoms with E-state index in [1.165, 1.54) is 13.1 Å². The van der Waals surface area contributed by atoms with E-state index in [1.807, 2.05) is 29.2 Å². The second-order valence-corrected chi connectivity index (χ2v) is 6.32. The van der Waals surface area contributed by atoms with Crippen LogP contribution in [0.5, 0.6) is 0 Å². The van der Waals surface area contributed by atoms with Gasteiger partial charge < -0.3 is 10.2 Å². The van der Waals surface area contributed by atoms with E-state index in [0.29, 0.717) is 17.3 Å². The molecule has 130 valence electrons. The number of halogens is 1. The van der Waals surface area contributed by atoms with Gasteiger partial charge in [-0.15, -0.1) is 0 Å². The molecule has 0 unspecified atom stereocenters. The Morgan fingerprint density at radius 3 is 2.76 bits per heavy atom. The number of nitro benzene ring substituents is 1. The molecule has 0 bridgehead atoms. The van der Waals surface area contributed by atoms with Gasteiger partial charge in [0.25, 0.3) is 11.6 Å². The van der Waals surface area contributed by atoms with Gasteiger partial charge in [-0.1, -0.05) is 29.8 Å². The number of anilines is 1. The van der Waals surface area contributed by atoms with E-state index in [0.717, 1.165) is 18.4 Å². The summed E-state index contributed by atoms with van der Waals surface area (Å²) in [5.74, 6) is -0.348. The number of benzene rings is 2. The zero-order valence-electron chi connectivity index (χ0n) is 13.7. The van der Waals surface area contributed by atoms with Gasteiger partial charge in [-0.25, -0.2) is 0 Å². The molecule has 1 amide bonds. The molecule has 0 spiro atoms. The van der Waals surface area contributed by atoms with Crippen LogP contribution < -0.4 is 10.2 Å². The third-order valence-corrected chi connectivity index (χ3v) is 4.83. The number of hydrogen-bond donors (Lipinski definition) is 1. The Kier molecular flexibility index (Phi) is 4.90. The lowest BCUT2D eigenvalue weighted by Crippen LogP contribution is -2.24. The molecule has 1 fully saturated rings. The van der Waals surface area contributed by atoms with E-state index < -0.39 is 4.92 Å². The Morgan fingerprint density at radius 1 is 1.32 bits per heavy atom. The van der Waals surface area contributed by atoms with Crippen molar-refractivity contribution in [3.05, 3.63) is 68.7 Å². The predicted molar refractivity (Wildman–Crippen MR) is 97.3 cm³/mol. The average molecular weight is 360 g/mol. The van der Waals surface area contributed by atoms with Crippen LogP contribution in [0.1, 0.15) is 34.8 Å². The maximum atomic E-state index is 11.8. The van der Waals surface area contributed by atoms with Crippen molar-refractivity contribution in [1.29, 1.82) is 0 Å². The molecule has 1 atom stereocenters. The largest absolute Gasteiger partial charge is 0.359 e. The highest BCUT2D eigenvalue weighted by atomic mass is 35.5. The number of carbonyl (C=O) groups is 1. The lowest BCUT2D eigenvalue weighted by Gasteiger charge is -2.27. The summed E-state index contributed by atoms with van der Waals surface area (Å²) in [6.45, 7) is 0.704. The number of nitro groups is 1. The first-order valence-corrected chi connectivity index (χ1v) is 8.42. The number of nitrogens with one attached hydrogen (secondary N) is 1.